The number of rotatable bonds is 8. The summed E-state index contributed by atoms with van der Waals surface area (Å²) in [6.07, 6.45) is 3.19. The van der Waals surface area contributed by atoms with Crippen molar-refractivity contribution in [1.82, 2.24) is 4.98 Å². The summed E-state index contributed by atoms with van der Waals surface area (Å²) >= 11 is 1.58. The molecule has 2 aromatic carbocycles. The Kier molecular flexibility index (Phi) is 5.91. The molecule has 0 amide bonds. The van der Waals surface area contributed by atoms with Crippen LogP contribution in [0.3, 0.4) is 0 Å². The molecule has 4 rings (SSSR count). The summed E-state index contributed by atoms with van der Waals surface area (Å²) in [6.45, 7) is 3.33. The van der Waals surface area contributed by atoms with Crippen LogP contribution in [0.2, 0.25) is 0 Å². The molecular formula is C23H22N2O3S. The second-order valence-electron chi connectivity index (χ2n) is 6.78. The van der Waals surface area contributed by atoms with Gasteiger partial charge in [0.2, 0.25) is 0 Å². The van der Waals surface area contributed by atoms with Crippen molar-refractivity contribution in [3.05, 3.63) is 87.2 Å². The second kappa shape index (κ2) is 8.92. The SMILES string of the molecule is Cc1c(Cc2ccccc2)c(=O)oc2cc(OCCCNc3nccs3)ccc12. The van der Waals surface area contributed by atoms with Crippen LogP contribution < -0.4 is 15.7 Å². The maximum Gasteiger partial charge on any atom is 0.340 e. The van der Waals surface area contributed by atoms with E-state index in [1.54, 1.807) is 23.6 Å². The predicted molar refractivity (Wildman–Crippen MR) is 117 cm³/mol. The third-order valence-electron chi connectivity index (χ3n) is 4.78. The predicted octanol–water partition coefficient (Wildman–Crippen LogP) is 5.03. The topological polar surface area (TPSA) is 64.4 Å². The highest BCUT2D eigenvalue weighted by Gasteiger charge is 2.12. The first-order chi connectivity index (χ1) is 14.2. The maximum atomic E-state index is 12.6. The quantitative estimate of drug-likeness (QED) is 0.328. The molecule has 0 radical (unpaired) electrons. The van der Waals surface area contributed by atoms with Gasteiger partial charge in [-0.1, -0.05) is 30.3 Å². The van der Waals surface area contributed by atoms with Gasteiger partial charge in [0.1, 0.15) is 11.3 Å². The molecule has 29 heavy (non-hydrogen) atoms. The van der Waals surface area contributed by atoms with Crippen LogP contribution in [0.15, 0.2) is 69.3 Å². The highest BCUT2D eigenvalue weighted by atomic mass is 32.1. The molecule has 0 aliphatic rings. The van der Waals surface area contributed by atoms with Crippen LogP contribution >= 0.6 is 11.3 Å². The van der Waals surface area contributed by atoms with Crippen LogP contribution in [-0.2, 0) is 6.42 Å². The Balaban J connectivity index is 1.43. The van der Waals surface area contributed by atoms with Gasteiger partial charge in [0.15, 0.2) is 5.13 Å². The number of nitrogens with one attached hydrogen (secondary N) is 1. The molecule has 5 nitrogen and oxygen atoms in total. The normalized spacial score (nSPS) is 10.9. The number of nitrogens with zero attached hydrogens (tertiary/aromatic N) is 1. The molecule has 0 aliphatic carbocycles. The summed E-state index contributed by atoms with van der Waals surface area (Å²) in [5.74, 6) is 0.699. The van der Waals surface area contributed by atoms with Crippen LogP contribution in [-0.4, -0.2) is 18.1 Å². The molecule has 0 spiro atoms. The lowest BCUT2D eigenvalue weighted by atomic mass is 10.00. The molecule has 0 saturated carbocycles. The zero-order valence-corrected chi connectivity index (χ0v) is 17.0. The fourth-order valence-corrected chi connectivity index (χ4v) is 3.79. The van der Waals surface area contributed by atoms with Crippen LogP contribution in [0.5, 0.6) is 5.75 Å². The Morgan fingerprint density at radius 3 is 2.83 bits per heavy atom. The summed E-state index contributed by atoms with van der Waals surface area (Å²) in [6, 6.07) is 15.6. The minimum absolute atomic E-state index is 0.288. The highest BCUT2D eigenvalue weighted by molar-refractivity contribution is 7.13. The van der Waals surface area contributed by atoms with Crippen molar-refractivity contribution < 1.29 is 9.15 Å². The number of hydrogen-bond acceptors (Lipinski definition) is 6. The zero-order valence-electron chi connectivity index (χ0n) is 16.2. The monoisotopic (exact) mass is 406 g/mol. The molecular weight excluding hydrogens is 384 g/mol. The third-order valence-corrected chi connectivity index (χ3v) is 5.51. The van der Waals surface area contributed by atoms with Crippen molar-refractivity contribution >= 4 is 27.4 Å². The molecule has 0 bridgehead atoms. The summed E-state index contributed by atoms with van der Waals surface area (Å²) < 4.78 is 11.4. The van der Waals surface area contributed by atoms with E-state index < -0.39 is 0 Å². The van der Waals surface area contributed by atoms with Crippen LogP contribution in [0.4, 0.5) is 5.13 Å². The van der Waals surface area contributed by atoms with Crippen LogP contribution in [0.1, 0.15) is 23.1 Å². The van der Waals surface area contributed by atoms with E-state index in [9.17, 15) is 4.79 Å². The number of thiazole rings is 1. The van der Waals surface area contributed by atoms with Gasteiger partial charge in [0.25, 0.3) is 0 Å². The summed E-state index contributed by atoms with van der Waals surface area (Å²) in [5.41, 5.74) is 3.02. The van der Waals surface area contributed by atoms with E-state index in [2.05, 4.69) is 10.3 Å². The van der Waals surface area contributed by atoms with E-state index in [-0.39, 0.29) is 5.63 Å². The molecule has 0 unspecified atom stereocenters. The van der Waals surface area contributed by atoms with E-state index in [4.69, 9.17) is 9.15 Å². The Hall–Kier alpha value is -3.12. The second-order valence-corrected chi connectivity index (χ2v) is 7.67. The number of aromatic nitrogens is 1. The lowest BCUT2D eigenvalue weighted by Crippen LogP contribution is -2.11. The van der Waals surface area contributed by atoms with Crippen LogP contribution in [0, 0.1) is 6.92 Å². The first-order valence-electron chi connectivity index (χ1n) is 9.57. The lowest BCUT2D eigenvalue weighted by Gasteiger charge is -2.10. The largest absolute Gasteiger partial charge is 0.493 e. The van der Waals surface area contributed by atoms with Gasteiger partial charge >= 0.3 is 5.63 Å². The van der Waals surface area contributed by atoms with Crippen molar-refractivity contribution in [2.45, 2.75) is 19.8 Å². The first-order valence-corrected chi connectivity index (χ1v) is 10.4. The van der Waals surface area contributed by atoms with Crippen molar-refractivity contribution in [2.24, 2.45) is 0 Å². The highest BCUT2D eigenvalue weighted by Crippen LogP contribution is 2.25. The number of benzene rings is 2. The van der Waals surface area contributed by atoms with Crippen molar-refractivity contribution in [1.29, 1.82) is 0 Å². The minimum atomic E-state index is -0.288. The number of anilines is 1. The van der Waals surface area contributed by atoms with Gasteiger partial charge in [-0.05, 0) is 36.6 Å². The van der Waals surface area contributed by atoms with E-state index in [1.807, 2.05) is 54.8 Å². The van der Waals surface area contributed by atoms with E-state index in [1.165, 1.54) is 0 Å². The molecule has 1 N–H and O–H groups in total. The smallest absolute Gasteiger partial charge is 0.340 e. The van der Waals surface area contributed by atoms with Gasteiger partial charge in [-0.15, -0.1) is 11.3 Å². The molecule has 0 fully saturated rings. The molecule has 2 heterocycles. The van der Waals surface area contributed by atoms with Gasteiger partial charge in [-0.2, -0.15) is 0 Å². The first kappa shape index (κ1) is 19.2. The average molecular weight is 407 g/mol. The van der Waals surface area contributed by atoms with E-state index in [0.29, 0.717) is 29.9 Å². The maximum absolute atomic E-state index is 12.6. The molecule has 0 saturated heterocycles. The Labute approximate surface area is 173 Å². The van der Waals surface area contributed by atoms with Gasteiger partial charge in [-0.3, -0.25) is 0 Å². The number of ether oxygens (including phenoxy) is 1. The molecule has 148 valence electrons. The molecule has 4 aromatic rings. The number of hydrogen-bond donors (Lipinski definition) is 1. The van der Waals surface area contributed by atoms with Gasteiger partial charge in [0, 0.05) is 41.6 Å². The molecule has 6 heteroatoms. The Bertz CT molecular complexity index is 1140. The summed E-state index contributed by atoms with van der Waals surface area (Å²) in [7, 11) is 0. The van der Waals surface area contributed by atoms with Crippen molar-refractivity contribution in [3.8, 4) is 5.75 Å². The minimum Gasteiger partial charge on any atom is -0.493 e. The van der Waals surface area contributed by atoms with E-state index in [0.717, 1.165) is 34.6 Å². The van der Waals surface area contributed by atoms with Crippen LogP contribution in [0.25, 0.3) is 11.0 Å². The molecule has 0 atom stereocenters. The van der Waals surface area contributed by atoms with Gasteiger partial charge < -0.3 is 14.5 Å². The standard InChI is InChI=1S/C23H22N2O3S/c1-16-19-9-8-18(27-12-5-10-24-23-25-11-13-29-23)15-21(19)28-22(26)20(16)14-17-6-3-2-4-7-17/h2-4,6-9,11,13,15H,5,10,12,14H2,1H3,(H,24,25). The lowest BCUT2D eigenvalue weighted by molar-refractivity contribution is 0.315. The fraction of sp³-hybridized carbons (Fsp3) is 0.217. The molecule has 0 aliphatic heterocycles. The fourth-order valence-electron chi connectivity index (χ4n) is 3.24. The Morgan fingerprint density at radius 1 is 1.17 bits per heavy atom. The van der Waals surface area contributed by atoms with Gasteiger partial charge in [-0.25, -0.2) is 9.78 Å². The number of aryl methyl sites for hydroxylation is 1. The van der Waals surface area contributed by atoms with E-state index >= 15 is 0 Å². The third kappa shape index (κ3) is 4.66. The summed E-state index contributed by atoms with van der Waals surface area (Å²) in [4.78, 5) is 16.7. The Morgan fingerprint density at radius 2 is 2.03 bits per heavy atom. The van der Waals surface area contributed by atoms with Gasteiger partial charge in [0.05, 0.1) is 6.61 Å². The molecule has 2 aromatic heterocycles. The zero-order chi connectivity index (χ0) is 20.1. The average Bonchev–Trinajstić information content (AvgIpc) is 3.25. The number of fused-ring (bicyclic) bond motifs is 1. The van der Waals surface area contributed by atoms with Crippen molar-refractivity contribution in [2.75, 3.05) is 18.5 Å². The summed E-state index contributed by atoms with van der Waals surface area (Å²) in [5, 5.41) is 7.04. The van der Waals surface area contributed by atoms with Crippen molar-refractivity contribution in [3.63, 3.8) is 0 Å².